The maximum absolute atomic E-state index is 12.1. The summed E-state index contributed by atoms with van der Waals surface area (Å²) < 4.78 is 0.697. The molecule has 0 spiro atoms. The van der Waals surface area contributed by atoms with Gasteiger partial charge in [0.2, 0.25) is 5.91 Å². The van der Waals surface area contributed by atoms with Crippen LogP contribution in [0.1, 0.15) is 17.3 Å². The quantitative estimate of drug-likeness (QED) is 0.882. The maximum atomic E-state index is 12.1. The number of amides is 2. The average molecular weight is 329 g/mol. The van der Waals surface area contributed by atoms with Gasteiger partial charge in [0.15, 0.2) is 0 Å². The van der Waals surface area contributed by atoms with Crippen molar-refractivity contribution in [3.63, 3.8) is 0 Å². The normalized spacial score (nSPS) is 11.8. The molecular weight excluding hydrogens is 312 g/mol. The zero-order valence-corrected chi connectivity index (χ0v) is 12.7. The summed E-state index contributed by atoms with van der Waals surface area (Å²) in [6.07, 6.45) is 0. The summed E-state index contributed by atoms with van der Waals surface area (Å²) in [6.45, 7) is 2.03. The van der Waals surface area contributed by atoms with Gasteiger partial charge in [0, 0.05) is 25.1 Å². The van der Waals surface area contributed by atoms with Crippen LogP contribution in [0, 0.1) is 5.92 Å². The number of nitrogens with one attached hydrogen (secondary N) is 1. The average Bonchev–Trinajstić information content (AvgIpc) is 2.36. The molecule has 1 aromatic rings. The number of rotatable bonds is 4. The molecule has 0 aliphatic heterocycles. The Morgan fingerprint density at radius 1 is 1.47 bits per heavy atom. The summed E-state index contributed by atoms with van der Waals surface area (Å²) in [6, 6.07) is 4.69. The Kier molecular flexibility index (Phi) is 5.35. The van der Waals surface area contributed by atoms with Crippen LogP contribution in [0.2, 0.25) is 0 Å². The van der Waals surface area contributed by atoms with E-state index >= 15 is 0 Å². The molecule has 2 N–H and O–H groups in total. The second-order valence-electron chi connectivity index (χ2n) is 4.36. The number of carbonyl (C=O) groups is 2. The van der Waals surface area contributed by atoms with Crippen molar-refractivity contribution in [2.24, 2.45) is 5.92 Å². The molecule has 0 aromatic heterocycles. The lowest BCUT2D eigenvalue weighted by Gasteiger charge is -2.21. The van der Waals surface area contributed by atoms with E-state index in [1.165, 1.54) is 11.0 Å². The van der Waals surface area contributed by atoms with Gasteiger partial charge in [-0.05, 0) is 18.2 Å². The van der Waals surface area contributed by atoms with Crippen LogP contribution in [-0.2, 0) is 4.79 Å². The number of aromatic hydroxyl groups is 1. The molecule has 0 aliphatic rings. The molecule has 1 unspecified atom stereocenters. The van der Waals surface area contributed by atoms with E-state index in [1.807, 2.05) is 0 Å². The molecule has 0 aliphatic carbocycles. The third-order valence-electron chi connectivity index (χ3n) is 2.78. The summed E-state index contributed by atoms with van der Waals surface area (Å²) in [4.78, 5) is 25.0. The van der Waals surface area contributed by atoms with Crippen LogP contribution in [0.5, 0.6) is 5.75 Å². The third kappa shape index (κ3) is 3.96. The fourth-order valence-corrected chi connectivity index (χ4v) is 2.06. The number of phenols is 1. The van der Waals surface area contributed by atoms with Crippen molar-refractivity contribution in [3.05, 3.63) is 28.2 Å². The molecule has 1 atom stereocenters. The van der Waals surface area contributed by atoms with E-state index < -0.39 is 0 Å². The van der Waals surface area contributed by atoms with E-state index in [0.717, 1.165) is 0 Å². The molecule has 2 amide bonds. The van der Waals surface area contributed by atoms with Crippen molar-refractivity contribution in [1.82, 2.24) is 10.2 Å². The SMILES string of the molecule is CNC(=O)C(C)CN(C)C(=O)c1ccc(Br)cc1O. The first-order valence-electron chi connectivity index (χ1n) is 5.82. The zero-order chi connectivity index (χ0) is 14.6. The van der Waals surface area contributed by atoms with Crippen LogP contribution in [-0.4, -0.2) is 42.5 Å². The third-order valence-corrected chi connectivity index (χ3v) is 3.27. The van der Waals surface area contributed by atoms with E-state index in [4.69, 9.17) is 0 Å². The molecular formula is C13H17BrN2O3. The van der Waals surface area contributed by atoms with Crippen molar-refractivity contribution in [3.8, 4) is 5.75 Å². The molecule has 0 bridgehead atoms. The second kappa shape index (κ2) is 6.56. The van der Waals surface area contributed by atoms with Crippen molar-refractivity contribution in [2.45, 2.75) is 6.92 Å². The lowest BCUT2D eigenvalue weighted by atomic mass is 10.1. The van der Waals surface area contributed by atoms with Crippen LogP contribution >= 0.6 is 15.9 Å². The van der Waals surface area contributed by atoms with E-state index in [9.17, 15) is 14.7 Å². The van der Waals surface area contributed by atoms with Crippen LogP contribution in [0.25, 0.3) is 0 Å². The lowest BCUT2D eigenvalue weighted by Crippen LogP contribution is -2.37. The molecule has 19 heavy (non-hydrogen) atoms. The largest absolute Gasteiger partial charge is 0.507 e. The van der Waals surface area contributed by atoms with E-state index in [0.29, 0.717) is 4.47 Å². The summed E-state index contributed by atoms with van der Waals surface area (Å²) in [5, 5.41) is 12.3. The number of hydrogen-bond donors (Lipinski definition) is 2. The van der Waals surface area contributed by atoms with Crippen molar-refractivity contribution in [1.29, 1.82) is 0 Å². The minimum absolute atomic E-state index is 0.0844. The molecule has 0 saturated carbocycles. The van der Waals surface area contributed by atoms with E-state index in [-0.39, 0.29) is 35.6 Å². The first-order chi connectivity index (χ1) is 8.86. The van der Waals surface area contributed by atoms with Crippen LogP contribution in [0.15, 0.2) is 22.7 Å². The highest BCUT2D eigenvalue weighted by atomic mass is 79.9. The second-order valence-corrected chi connectivity index (χ2v) is 5.28. The Bertz CT molecular complexity index is 491. The monoisotopic (exact) mass is 328 g/mol. The number of benzene rings is 1. The van der Waals surface area contributed by atoms with Gasteiger partial charge in [-0.3, -0.25) is 9.59 Å². The number of nitrogens with zero attached hydrogens (tertiary/aromatic N) is 1. The number of halogens is 1. The minimum atomic E-state index is -0.319. The van der Waals surface area contributed by atoms with Crippen LogP contribution in [0.3, 0.4) is 0 Å². The molecule has 5 nitrogen and oxygen atoms in total. The fraction of sp³-hybridized carbons (Fsp3) is 0.385. The van der Waals surface area contributed by atoms with E-state index in [1.54, 1.807) is 33.2 Å². The molecule has 0 fully saturated rings. The van der Waals surface area contributed by atoms with Gasteiger partial charge in [0.1, 0.15) is 5.75 Å². The molecule has 0 radical (unpaired) electrons. The van der Waals surface area contributed by atoms with Gasteiger partial charge in [-0.25, -0.2) is 0 Å². The highest BCUT2D eigenvalue weighted by molar-refractivity contribution is 9.10. The predicted octanol–water partition coefficient (Wildman–Crippen LogP) is 1.61. The topological polar surface area (TPSA) is 69.6 Å². The van der Waals surface area contributed by atoms with Crippen LogP contribution in [0.4, 0.5) is 0 Å². The van der Waals surface area contributed by atoms with Gasteiger partial charge < -0.3 is 15.3 Å². The number of carbonyl (C=O) groups excluding carboxylic acids is 2. The van der Waals surface area contributed by atoms with Gasteiger partial charge in [0.25, 0.3) is 5.91 Å². The summed E-state index contributed by atoms with van der Waals surface area (Å²) in [5.74, 6) is -0.837. The van der Waals surface area contributed by atoms with Gasteiger partial charge in [0.05, 0.1) is 11.5 Å². The number of hydrogen-bond acceptors (Lipinski definition) is 3. The van der Waals surface area contributed by atoms with Gasteiger partial charge in [-0.15, -0.1) is 0 Å². The Hall–Kier alpha value is -1.56. The molecule has 0 heterocycles. The maximum Gasteiger partial charge on any atom is 0.257 e. The lowest BCUT2D eigenvalue weighted by molar-refractivity contribution is -0.124. The smallest absolute Gasteiger partial charge is 0.257 e. The Balaban J connectivity index is 2.79. The molecule has 6 heteroatoms. The van der Waals surface area contributed by atoms with Gasteiger partial charge in [-0.1, -0.05) is 22.9 Å². The Labute approximate surface area is 120 Å². The summed E-state index contributed by atoms with van der Waals surface area (Å²) >= 11 is 3.21. The van der Waals surface area contributed by atoms with Crippen LogP contribution < -0.4 is 5.32 Å². The number of phenolic OH excluding ortho intramolecular Hbond substituents is 1. The van der Waals surface area contributed by atoms with Crippen molar-refractivity contribution in [2.75, 3.05) is 20.6 Å². The standard InChI is InChI=1S/C13H17BrN2O3/c1-8(12(18)15-2)7-16(3)13(19)10-5-4-9(14)6-11(10)17/h4-6,8,17H,7H2,1-3H3,(H,15,18). The molecule has 1 aromatic carbocycles. The van der Waals surface area contributed by atoms with Gasteiger partial charge >= 0.3 is 0 Å². The first-order valence-corrected chi connectivity index (χ1v) is 6.61. The highest BCUT2D eigenvalue weighted by Gasteiger charge is 2.20. The first kappa shape index (κ1) is 15.5. The van der Waals surface area contributed by atoms with Crippen molar-refractivity contribution < 1.29 is 14.7 Å². The molecule has 1 rings (SSSR count). The summed E-state index contributed by atoms with van der Waals surface area (Å²) in [5.41, 5.74) is 0.217. The van der Waals surface area contributed by atoms with Crippen molar-refractivity contribution >= 4 is 27.7 Å². The minimum Gasteiger partial charge on any atom is -0.507 e. The summed E-state index contributed by atoms with van der Waals surface area (Å²) in [7, 11) is 3.16. The van der Waals surface area contributed by atoms with E-state index in [2.05, 4.69) is 21.2 Å². The Morgan fingerprint density at radius 3 is 2.63 bits per heavy atom. The fourth-order valence-electron chi connectivity index (χ4n) is 1.71. The van der Waals surface area contributed by atoms with Gasteiger partial charge in [-0.2, -0.15) is 0 Å². The Morgan fingerprint density at radius 2 is 2.11 bits per heavy atom. The predicted molar refractivity (Wildman–Crippen MR) is 76.0 cm³/mol. The molecule has 0 saturated heterocycles. The highest BCUT2D eigenvalue weighted by Crippen LogP contribution is 2.23. The zero-order valence-electron chi connectivity index (χ0n) is 11.1. The molecule has 104 valence electrons.